The van der Waals surface area contributed by atoms with E-state index in [2.05, 4.69) is 45.6 Å². The molecule has 6 heteroatoms. The number of hydrogen-bond donors (Lipinski definition) is 2. The smallest absolute Gasteiger partial charge is 0.191 e. The van der Waals surface area contributed by atoms with Gasteiger partial charge in [-0.05, 0) is 56.1 Å². The summed E-state index contributed by atoms with van der Waals surface area (Å²) in [6, 6.07) is 8.94. The highest BCUT2D eigenvalue weighted by molar-refractivity contribution is 14.0. The number of nitrogens with one attached hydrogen (secondary N) is 2. The van der Waals surface area contributed by atoms with Crippen molar-refractivity contribution in [2.45, 2.75) is 45.1 Å². The second-order valence-electron chi connectivity index (χ2n) is 7.86. The Morgan fingerprint density at radius 1 is 1.22 bits per heavy atom. The minimum atomic E-state index is 0. The van der Waals surface area contributed by atoms with E-state index in [4.69, 9.17) is 4.74 Å². The minimum absolute atomic E-state index is 0. The summed E-state index contributed by atoms with van der Waals surface area (Å²) in [6.45, 7) is 5.52. The fraction of sp³-hybridized carbons (Fsp3) is 0.667. The molecule has 1 aromatic carbocycles. The Bertz CT molecular complexity index is 602. The molecular weight excluding hydrogens is 451 g/mol. The van der Waals surface area contributed by atoms with Crippen LogP contribution in [-0.2, 0) is 0 Å². The molecule has 152 valence electrons. The second-order valence-corrected chi connectivity index (χ2v) is 7.86. The first-order valence-electron chi connectivity index (χ1n) is 10.0. The Kier molecular flexibility index (Phi) is 8.99. The normalized spacial score (nSPS) is 25.7. The van der Waals surface area contributed by atoms with Crippen molar-refractivity contribution < 1.29 is 4.74 Å². The van der Waals surface area contributed by atoms with Crippen LogP contribution in [0.3, 0.4) is 0 Å². The second kappa shape index (κ2) is 11.0. The predicted molar refractivity (Wildman–Crippen MR) is 125 cm³/mol. The Balaban J connectivity index is 0.00000261. The van der Waals surface area contributed by atoms with Crippen LogP contribution < -0.4 is 20.3 Å². The fourth-order valence-corrected chi connectivity index (χ4v) is 4.07. The van der Waals surface area contributed by atoms with Crippen molar-refractivity contribution in [1.29, 1.82) is 0 Å². The van der Waals surface area contributed by atoms with Crippen LogP contribution in [-0.4, -0.2) is 45.8 Å². The van der Waals surface area contributed by atoms with E-state index in [-0.39, 0.29) is 24.0 Å². The monoisotopic (exact) mass is 486 g/mol. The van der Waals surface area contributed by atoms with Crippen LogP contribution in [0.25, 0.3) is 0 Å². The highest BCUT2D eigenvalue weighted by Crippen LogP contribution is 2.27. The Morgan fingerprint density at radius 2 is 2.00 bits per heavy atom. The summed E-state index contributed by atoms with van der Waals surface area (Å²) < 4.78 is 5.35. The first-order valence-corrected chi connectivity index (χ1v) is 10.0. The van der Waals surface area contributed by atoms with Gasteiger partial charge in [0.1, 0.15) is 5.75 Å². The number of aliphatic imine (C=N–C) groups is 1. The average molecular weight is 486 g/mol. The van der Waals surface area contributed by atoms with Crippen molar-refractivity contribution >= 4 is 35.6 Å². The van der Waals surface area contributed by atoms with Gasteiger partial charge < -0.3 is 20.3 Å². The molecule has 1 saturated carbocycles. The molecule has 1 aliphatic carbocycles. The van der Waals surface area contributed by atoms with Crippen molar-refractivity contribution in [3.05, 3.63) is 24.3 Å². The van der Waals surface area contributed by atoms with Crippen molar-refractivity contribution in [1.82, 2.24) is 10.6 Å². The van der Waals surface area contributed by atoms with Crippen LogP contribution in [0.4, 0.5) is 5.69 Å². The molecule has 1 atom stereocenters. The summed E-state index contributed by atoms with van der Waals surface area (Å²) in [7, 11) is 3.60. The number of ether oxygens (including phenoxy) is 1. The molecule has 0 radical (unpaired) electrons. The molecule has 0 spiro atoms. The van der Waals surface area contributed by atoms with Gasteiger partial charge in [-0.1, -0.05) is 13.0 Å². The molecule has 2 N–H and O–H groups in total. The zero-order chi connectivity index (χ0) is 18.4. The third-order valence-electron chi connectivity index (χ3n) is 5.84. The molecule has 1 aromatic rings. The largest absolute Gasteiger partial charge is 0.497 e. The number of anilines is 1. The number of benzene rings is 1. The molecule has 1 unspecified atom stereocenters. The number of rotatable bonds is 5. The van der Waals surface area contributed by atoms with E-state index in [0.717, 1.165) is 37.3 Å². The van der Waals surface area contributed by atoms with Crippen molar-refractivity contribution in [2.75, 3.05) is 38.7 Å². The lowest BCUT2D eigenvalue weighted by atomic mass is 9.87. The van der Waals surface area contributed by atoms with E-state index in [0.29, 0.717) is 12.0 Å². The van der Waals surface area contributed by atoms with Crippen molar-refractivity contribution in [2.24, 2.45) is 16.8 Å². The van der Waals surface area contributed by atoms with E-state index in [1.165, 1.54) is 37.8 Å². The lowest BCUT2D eigenvalue weighted by Crippen LogP contribution is -2.46. The molecule has 1 heterocycles. The Hall–Kier alpha value is -1.18. The minimum Gasteiger partial charge on any atom is -0.497 e. The van der Waals surface area contributed by atoms with Crippen LogP contribution in [0.15, 0.2) is 29.3 Å². The molecule has 1 aliphatic heterocycles. The zero-order valence-electron chi connectivity index (χ0n) is 16.9. The van der Waals surface area contributed by atoms with Gasteiger partial charge in [-0.2, -0.15) is 0 Å². The lowest BCUT2D eigenvalue weighted by Gasteiger charge is -2.28. The molecule has 0 amide bonds. The van der Waals surface area contributed by atoms with Crippen molar-refractivity contribution in [3.63, 3.8) is 0 Å². The van der Waals surface area contributed by atoms with Gasteiger partial charge in [-0.15, -0.1) is 24.0 Å². The number of methoxy groups -OCH3 is 1. The van der Waals surface area contributed by atoms with E-state index >= 15 is 0 Å². The summed E-state index contributed by atoms with van der Waals surface area (Å²) >= 11 is 0. The van der Waals surface area contributed by atoms with Gasteiger partial charge in [-0.3, -0.25) is 4.99 Å². The maximum absolute atomic E-state index is 5.35. The molecule has 27 heavy (non-hydrogen) atoms. The van der Waals surface area contributed by atoms with Crippen LogP contribution >= 0.6 is 24.0 Å². The Morgan fingerprint density at radius 3 is 2.70 bits per heavy atom. The SMILES string of the molecule is CN=C(NCC1CCN(c2cccc(OC)c2)C1)NC1CCC(C)CC1.I. The van der Waals surface area contributed by atoms with E-state index in [9.17, 15) is 0 Å². The number of halogens is 1. The fourth-order valence-electron chi connectivity index (χ4n) is 4.07. The molecule has 0 bridgehead atoms. The first-order chi connectivity index (χ1) is 12.7. The van der Waals surface area contributed by atoms with Gasteiger partial charge in [0, 0.05) is 44.5 Å². The summed E-state index contributed by atoms with van der Waals surface area (Å²) in [5.41, 5.74) is 1.26. The van der Waals surface area contributed by atoms with Gasteiger partial charge in [0.05, 0.1) is 7.11 Å². The van der Waals surface area contributed by atoms with Crippen molar-refractivity contribution in [3.8, 4) is 5.75 Å². The first kappa shape index (κ1) is 22.1. The Labute approximate surface area is 181 Å². The predicted octanol–water partition coefficient (Wildman–Crippen LogP) is 3.88. The highest BCUT2D eigenvalue weighted by Gasteiger charge is 2.24. The molecular formula is C21H35IN4O. The zero-order valence-corrected chi connectivity index (χ0v) is 19.2. The third-order valence-corrected chi connectivity index (χ3v) is 5.84. The summed E-state index contributed by atoms with van der Waals surface area (Å²) in [5.74, 6) is 3.41. The van der Waals surface area contributed by atoms with E-state index < -0.39 is 0 Å². The van der Waals surface area contributed by atoms with Gasteiger partial charge in [0.15, 0.2) is 5.96 Å². The van der Waals surface area contributed by atoms with Crippen LogP contribution in [0, 0.1) is 11.8 Å². The summed E-state index contributed by atoms with van der Waals surface area (Å²) in [6.07, 6.45) is 6.38. The highest BCUT2D eigenvalue weighted by atomic mass is 127. The third kappa shape index (κ3) is 6.43. The topological polar surface area (TPSA) is 48.9 Å². The van der Waals surface area contributed by atoms with Gasteiger partial charge in [0.25, 0.3) is 0 Å². The standard InChI is InChI=1S/C21H34N4O.HI/c1-16-7-9-18(10-8-16)24-21(22-2)23-14-17-11-12-25(15-17)19-5-4-6-20(13-19)26-3;/h4-6,13,16-18H,7-12,14-15H2,1-3H3,(H2,22,23,24);1H. The lowest BCUT2D eigenvalue weighted by molar-refractivity contribution is 0.329. The molecule has 5 nitrogen and oxygen atoms in total. The average Bonchev–Trinajstić information content (AvgIpc) is 3.16. The molecule has 0 aromatic heterocycles. The number of nitrogens with zero attached hydrogens (tertiary/aromatic N) is 2. The molecule has 3 rings (SSSR count). The van der Waals surface area contributed by atoms with Crippen LogP contribution in [0.1, 0.15) is 39.0 Å². The molecule has 1 saturated heterocycles. The number of hydrogen-bond acceptors (Lipinski definition) is 3. The quantitative estimate of drug-likeness (QED) is 0.377. The summed E-state index contributed by atoms with van der Waals surface area (Å²) in [5, 5.41) is 7.17. The van der Waals surface area contributed by atoms with E-state index in [1.54, 1.807) is 7.11 Å². The molecule has 2 aliphatic rings. The number of guanidine groups is 1. The maximum Gasteiger partial charge on any atom is 0.191 e. The van der Waals surface area contributed by atoms with Gasteiger partial charge >= 0.3 is 0 Å². The van der Waals surface area contributed by atoms with Gasteiger partial charge in [-0.25, -0.2) is 0 Å². The maximum atomic E-state index is 5.35. The molecule has 2 fully saturated rings. The summed E-state index contributed by atoms with van der Waals surface area (Å²) in [4.78, 5) is 6.88. The van der Waals surface area contributed by atoms with E-state index in [1.807, 2.05) is 13.1 Å². The van der Waals surface area contributed by atoms with Crippen LogP contribution in [0.5, 0.6) is 5.75 Å². The van der Waals surface area contributed by atoms with Gasteiger partial charge in [0.2, 0.25) is 0 Å². The van der Waals surface area contributed by atoms with Crippen LogP contribution in [0.2, 0.25) is 0 Å².